The van der Waals surface area contributed by atoms with Gasteiger partial charge in [-0.25, -0.2) is 4.79 Å². The van der Waals surface area contributed by atoms with Crippen molar-refractivity contribution >= 4 is 12.1 Å². The summed E-state index contributed by atoms with van der Waals surface area (Å²) in [5.74, 6) is -0.286. The molecule has 0 aromatic heterocycles. The van der Waals surface area contributed by atoms with Crippen molar-refractivity contribution in [2.45, 2.75) is 45.4 Å². The number of ether oxygens (including phenoxy) is 2. The second-order valence-electron chi connectivity index (χ2n) is 4.16. The average molecular weight is 201 g/mol. The first-order chi connectivity index (χ1) is 6.37. The minimum absolute atomic E-state index is 0.286. The summed E-state index contributed by atoms with van der Waals surface area (Å²) in [6.07, 6.45) is -0.229. The van der Waals surface area contributed by atoms with Crippen LogP contribution in [-0.2, 0) is 14.3 Å². The van der Waals surface area contributed by atoms with Crippen LogP contribution in [0, 0.1) is 0 Å². The molecule has 0 aliphatic carbocycles. The first kappa shape index (κ1) is 10.8. The van der Waals surface area contributed by atoms with Crippen molar-refractivity contribution in [2.75, 3.05) is 0 Å². The molecule has 1 saturated heterocycles. The van der Waals surface area contributed by atoms with Gasteiger partial charge in [0.25, 0.3) is 0 Å². The van der Waals surface area contributed by atoms with Gasteiger partial charge in [-0.1, -0.05) is 0 Å². The Hall–Kier alpha value is -1.26. The number of hydrogen-bond donors (Lipinski definition) is 1. The maximum Gasteiger partial charge on any atom is 0.410 e. The van der Waals surface area contributed by atoms with Gasteiger partial charge in [-0.3, -0.25) is 10.1 Å². The Kier molecular flexibility index (Phi) is 2.98. The number of amides is 1. The minimum atomic E-state index is -0.558. The lowest BCUT2D eigenvalue weighted by molar-refractivity contribution is -0.142. The van der Waals surface area contributed by atoms with Crippen LogP contribution < -0.4 is 5.32 Å². The van der Waals surface area contributed by atoms with Crippen molar-refractivity contribution in [3.63, 3.8) is 0 Å². The Morgan fingerprint density at radius 3 is 2.64 bits per heavy atom. The molecule has 5 heteroatoms. The van der Waals surface area contributed by atoms with Crippen LogP contribution in [0.3, 0.4) is 0 Å². The van der Waals surface area contributed by atoms with Crippen LogP contribution in [0.2, 0.25) is 0 Å². The highest BCUT2D eigenvalue weighted by Gasteiger charge is 2.26. The predicted molar refractivity (Wildman–Crippen MR) is 48.5 cm³/mol. The smallest absolute Gasteiger partial charge is 0.410 e. The molecule has 0 radical (unpaired) electrons. The summed E-state index contributed by atoms with van der Waals surface area (Å²) in [5.41, 5.74) is -0.535. The van der Waals surface area contributed by atoms with E-state index in [1.165, 1.54) is 0 Å². The number of esters is 1. The zero-order chi connectivity index (χ0) is 10.8. The van der Waals surface area contributed by atoms with E-state index in [2.05, 4.69) is 5.32 Å². The van der Waals surface area contributed by atoms with Gasteiger partial charge in [-0.05, 0) is 20.8 Å². The SMILES string of the molecule is CC(C)(C)OC(=O)NC1CCC(=O)O1. The number of cyclic esters (lactones) is 1. The fourth-order valence-corrected chi connectivity index (χ4v) is 1.07. The van der Waals surface area contributed by atoms with E-state index in [9.17, 15) is 9.59 Å². The zero-order valence-corrected chi connectivity index (χ0v) is 8.62. The molecule has 1 aliphatic rings. The third kappa shape index (κ3) is 3.64. The number of carbonyl (C=O) groups excluding carboxylic acids is 2. The van der Waals surface area contributed by atoms with Gasteiger partial charge in [0.15, 0.2) is 6.23 Å². The molecule has 0 aromatic carbocycles. The quantitative estimate of drug-likeness (QED) is 0.647. The summed E-state index contributed by atoms with van der Waals surface area (Å²) in [6, 6.07) is 0. The van der Waals surface area contributed by atoms with E-state index in [-0.39, 0.29) is 5.97 Å². The van der Waals surface area contributed by atoms with E-state index in [0.717, 1.165) is 0 Å². The summed E-state index contributed by atoms with van der Waals surface area (Å²) in [7, 11) is 0. The van der Waals surface area contributed by atoms with Crippen LogP contribution in [0.15, 0.2) is 0 Å². The average Bonchev–Trinajstić information content (AvgIpc) is 2.30. The Bertz CT molecular complexity index is 244. The molecule has 1 aliphatic heterocycles. The van der Waals surface area contributed by atoms with Crippen LogP contribution >= 0.6 is 0 Å². The zero-order valence-electron chi connectivity index (χ0n) is 8.62. The van der Waals surface area contributed by atoms with Gasteiger partial charge in [-0.2, -0.15) is 0 Å². The second kappa shape index (κ2) is 3.86. The standard InChI is InChI=1S/C9H15NO4/c1-9(2,3)14-8(12)10-6-4-5-7(11)13-6/h6H,4-5H2,1-3H3,(H,10,12). The number of carbonyl (C=O) groups is 2. The van der Waals surface area contributed by atoms with E-state index in [1.54, 1.807) is 20.8 Å². The topological polar surface area (TPSA) is 64.6 Å². The highest BCUT2D eigenvalue weighted by atomic mass is 16.6. The lowest BCUT2D eigenvalue weighted by atomic mass is 10.2. The highest BCUT2D eigenvalue weighted by molar-refractivity contribution is 5.73. The molecule has 0 bridgehead atoms. The Morgan fingerprint density at radius 2 is 2.21 bits per heavy atom. The van der Waals surface area contributed by atoms with Crippen LogP contribution in [-0.4, -0.2) is 23.9 Å². The van der Waals surface area contributed by atoms with Crippen molar-refractivity contribution in [2.24, 2.45) is 0 Å². The van der Waals surface area contributed by atoms with Crippen molar-refractivity contribution in [3.05, 3.63) is 0 Å². The van der Waals surface area contributed by atoms with Gasteiger partial charge >= 0.3 is 12.1 Å². The monoisotopic (exact) mass is 201 g/mol. The molecule has 0 saturated carbocycles. The maximum absolute atomic E-state index is 11.2. The number of hydrogen-bond acceptors (Lipinski definition) is 4. The molecule has 0 spiro atoms. The third-order valence-electron chi connectivity index (χ3n) is 1.56. The summed E-state index contributed by atoms with van der Waals surface area (Å²) in [5, 5.41) is 2.46. The van der Waals surface area contributed by atoms with Gasteiger partial charge in [0.2, 0.25) is 0 Å². The van der Waals surface area contributed by atoms with E-state index < -0.39 is 17.9 Å². The second-order valence-corrected chi connectivity index (χ2v) is 4.16. The molecule has 0 aromatic rings. The molecule has 1 N–H and O–H groups in total. The van der Waals surface area contributed by atoms with Gasteiger partial charge in [0.05, 0.1) is 6.42 Å². The lowest BCUT2D eigenvalue weighted by Crippen LogP contribution is -2.38. The molecule has 80 valence electrons. The number of alkyl carbamates (subject to hydrolysis) is 1. The van der Waals surface area contributed by atoms with E-state index >= 15 is 0 Å². The summed E-state index contributed by atoms with van der Waals surface area (Å²) >= 11 is 0. The van der Waals surface area contributed by atoms with E-state index in [0.29, 0.717) is 12.8 Å². The summed E-state index contributed by atoms with van der Waals surface area (Å²) < 4.78 is 9.79. The Morgan fingerprint density at radius 1 is 1.57 bits per heavy atom. The van der Waals surface area contributed by atoms with Crippen molar-refractivity contribution in [1.82, 2.24) is 5.32 Å². The number of nitrogens with one attached hydrogen (secondary N) is 1. The number of rotatable bonds is 1. The fourth-order valence-electron chi connectivity index (χ4n) is 1.07. The Labute approximate surface area is 82.8 Å². The first-order valence-electron chi connectivity index (χ1n) is 4.56. The minimum Gasteiger partial charge on any atom is -0.444 e. The molecule has 14 heavy (non-hydrogen) atoms. The Balaban J connectivity index is 2.31. The normalized spacial score (nSPS) is 21.6. The van der Waals surface area contributed by atoms with Crippen LogP contribution in [0.5, 0.6) is 0 Å². The highest BCUT2D eigenvalue weighted by Crippen LogP contribution is 2.12. The molecule has 1 unspecified atom stereocenters. The van der Waals surface area contributed by atoms with Gasteiger partial charge in [-0.15, -0.1) is 0 Å². The fraction of sp³-hybridized carbons (Fsp3) is 0.778. The van der Waals surface area contributed by atoms with Crippen molar-refractivity contribution < 1.29 is 19.1 Å². The largest absolute Gasteiger partial charge is 0.444 e. The van der Waals surface area contributed by atoms with E-state index in [1.807, 2.05) is 0 Å². The lowest BCUT2D eigenvalue weighted by Gasteiger charge is -2.21. The van der Waals surface area contributed by atoms with Crippen molar-refractivity contribution in [3.8, 4) is 0 Å². The molecule has 1 heterocycles. The molecule has 5 nitrogen and oxygen atoms in total. The summed E-state index contributed by atoms with van der Waals surface area (Å²) in [6.45, 7) is 5.31. The molecular formula is C9H15NO4. The summed E-state index contributed by atoms with van der Waals surface area (Å²) in [4.78, 5) is 21.9. The predicted octanol–water partition coefficient (Wildman–Crippen LogP) is 1.17. The molecule has 1 atom stereocenters. The van der Waals surface area contributed by atoms with Crippen LogP contribution in [0.25, 0.3) is 0 Å². The third-order valence-corrected chi connectivity index (χ3v) is 1.56. The molecular weight excluding hydrogens is 186 g/mol. The molecule has 1 rings (SSSR count). The van der Waals surface area contributed by atoms with E-state index in [4.69, 9.17) is 9.47 Å². The van der Waals surface area contributed by atoms with Crippen molar-refractivity contribution in [1.29, 1.82) is 0 Å². The van der Waals surface area contributed by atoms with Gasteiger partial charge in [0.1, 0.15) is 5.60 Å². The molecule has 1 amide bonds. The van der Waals surface area contributed by atoms with Crippen LogP contribution in [0.1, 0.15) is 33.6 Å². The van der Waals surface area contributed by atoms with Gasteiger partial charge in [0, 0.05) is 6.42 Å². The van der Waals surface area contributed by atoms with Gasteiger partial charge < -0.3 is 9.47 Å². The maximum atomic E-state index is 11.2. The van der Waals surface area contributed by atoms with Crippen LogP contribution in [0.4, 0.5) is 4.79 Å². The first-order valence-corrected chi connectivity index (χ1v) is 4.56. The molecule has 1 fully saturated rings.